The number of nitrogens with one attached hydrogen (secondary N) is 1. The molecule has 1 aromatic carbocycles. The predicted octanol–water partition coefficient (Wildman–Crippen LogP) is 2.48. The fraction of sp³-hybridized carbons (Fsp3) is 0.500. The molecule has 6 heteroatoms. The first-order chi connectivity index (χ1) is 11.7. The van der Waals surface area contributed by atoms with E-state index in [9.17, 15) is 9.90 Å². The minimum Gasteiger partial charge on any atom is -0.421 e. The number of hydrogen-bond acceptors (Lipinski definition) is 5. The zero-order valence-electron chi connectivity index (χ0n) is 13.6. The molecule has 2 aromatic rings. The Bertz CT molecular complexity index is 657. The first kappa shape index (κ1) is 16.6. The van der Waals surface area contributed by atoms with Gasteiger partial charge in [0.05, 0.1) is 12.1 Å². The van der Waals surface area contributed by atoms with Crippen molar-refractivity contribution in [3.8, 4) is 11.5 Å². The molecule has 1 aromatic heterocycles. The lowest BCUT2D eigenvalue weighted by Crippen LogP contribution is -2.45. The van der Waals surface area contributed by atoms with Crippen LogP contribution >= 0.6 is 0 Å². The molecule has 0 saturated heterocycles. The molecule has 128 valence electrons. The van der Waals surface area contributed by atoms with Crippen molar-refractivity contribution >= 4 is 5.91 Å². The van der Waals surface area contributed by atoms with E-state index in [1.165, 1.54) is 0 Å². The van der Waals surface area contributed by atoms with Crippen molar-refractivity contribution in [2.45, 2.75) is 57.1 Å². The molecule has 1 fully saturated rings. The number of amides is 1. The van der Waals surface area contributed by atoms with Crippen molar-refractivity contribution in [2.24, 2.45) is 0 Å². The molecule has 3 rings (SSSR count). The quantitative estimate of drug-likeness (QED) is 0.850. The molecular weight excluding hydrogens is 306 g/mol. The molecule has 2 unspecified atom stereocenters. The van der Waals surface area contributed by atoms with Crippen LogP contribution in [0.1, 0.15) is 44.4 Å². The monoisotopic (exact) mass is 329 g/mol. The van der Waals surface area contributed by atoms with Gasteiger partial charge in [-0.15, -0.1) is 10.2 Å². The summed E-state index contributed by atoms with van der Waals surface area (Å²) in [5.41, 5.74) is 0.889. The summed E-state index contributed by atoms with van der Waals surface area (Å²) >= 11 is 0. The summed E-state index contributed by atoms with van der Waals surface area (Å²) in [6.07, 6.45) is 4.93. The Labute approximate surface area is 141 Å². The van der Waals surface area contributed by atoms with E-state index in [2.05, 4.69) is 15.5 Å². The van der Waals surface area contributed by atoms with Gasteiger partial charge in [0.15, 0.2) is 0 Å². The Morgan fingerprint density at radius 3 is 2.79 bits per heavy atom. The molecule has 0 radical (unpaired) electrons. The van der Waals surface area contributed by atoms with Gasteiger partial charge in [-0.3, -0.25) is 4.79 Å². The molecule has 1 saturated carbocycles. The molecule has 1 amide bonds. The van der Waals surface area contributed by atoms with Gasteiger partial charge in [-0.25, -0.2) is 0 Å². The summed E-state index contributed by atoms with van der Waals surface area (Å²) in [6, 6.07) is 9.51. The summed E-state index contributed by atoms with van der Waals surface area (Å²) in [5.74, 6) is 1.02. The fourth-order valence-electron chi connectivity index (χ4n) is 3.01. The number of aliphatic hydroxyl groups is 1. The average Bonchev–Trinajstić information content (AvgIpc) is 3.07. The van der Waals surface area contributed by atoms with Crippen LogP contribution in [0.15, 0.2) is 34.7 Å². The standard InChI is InChI=1S/C18H23N3O3/c22-15-10-5-4-9-14(15)19-16(23)11-6-12-17-20-21-18(24-17)13-7-2-1-3-8-13/h1-3,7-8,14-15,22H,4-6,9-12H2,(H,19,23). The van der Waals surface area contributed by atoms with E-state index < -0.39 is 6.10 Å². The van der Waals surface area contributed by atoms with Gasteiger partial charge in [-0.05, 0) is 31.4 Å². The summed E-state index contributed by atoms with van der Waals surface area (Å²) < 4.78 is 5.62. The lowest BCUT2D eigenvalue weighted by atomic mass is 9.92. The number of benzene rings is 1. The van der Waals surface area contributed by atoms with E-state index >= 15 is 0 Å². The highest BCUT2D eigenvalue weighted by Gasteiger charge is 2.24. The molecule has 2 atom stereocenters. The van der Waals surface area contributed by atoms with Crippen LogP contribution in [0.2, 0.25) is 0 Å². The van der Waals surface area contributed by atoms with Gasteiger partial charge >= 0.3 is 0 Å². The minimum absolute atomic E-state index is 0.0243. The van der Waals surface area contributed by atoms with Gasteiger partial charge in [0, 0.05) is 18.4 Å². The van der Waals surface area contributed by atoms with Gasteiger partial charge < -0.3 is 14.8 Å². The highest BCUT2D eigenvalue weighted by Crippen LogP contribution is 2.19. The summed E-state index contributed by atoms with van der Waals surface area (Å²) in [4.78, 5) is 12.0. The molecule has 0 spiro atoms. The van der Waals surface area contributed by atoms with Crippen molar-refractivity contribution in [2.75, 3.05) is 0 Å². The number of nitrogens with zero attached hydrogens (tertiary/aromatic N) is 2. The molecular formula is C18H23N3O3. The molecule has 2 N–H and O–H groups in total. The van der Waals surface area contributed by atoms with Crippen LogP contribution < -0.4 is 5.32 Å². The topological polar surface area (TPSA) is 88.2 Å². The smallest absolute Gasteiger partial charge is 0.247 e. The van der Waals surface area contributed by atoms with E-state index in [1.54, 1.807) is 0 Å². The van der Waals surface area contributed by atoms with Gasteiger partial charge in [0.1, 0.15) is 0 Å². The maximum Gasteiger partial charge on any atom is 0.247 e. The van der Waals surface area contributed by atoms with Crippen LogP contribution in [-0.2, 0) is 11.2 Å². The third-order valence-electron chi connectivity index (χ3n) is 4.36. The van der Waals surface area contributed by atoms with E-state index in [0.29, 0.717) is 31.0 Å². The summed E-state index contributed by atoms with van der Waals surface area (Å²) in [6.45, 7) is 0. The molecule has 0 bridgehead atoms. The molecule has 0 aliphatic heterocycles. The zero-order valence-corrected chi connectivity index (χ0v) is 13.6. The lowest BCUT2D eigenvalue weighted by Gasteiger charge is -2.28. The minimum atomic E-state index is -0.410. The Morgan fingerprint density at radius 1 is 1.21 bits per heavy atom. The molecule has 24 heavy (non-hydrogen) atoms. The van der Waals surface area contributed by atoms with Gasteiger partial charge in [0.25, 0.3) is 0 Å². The number of hydrogen-bond donors (Lipinski definition) is 2. The maximum absolute atomic E-state index is 12.0. The summed E-state index contributed by atoms with van der Waals surface area (Å²) in [7, 11) is 0. The second kappa shape index (κ2) is 8.06. The van der Waals surface area contributed by atoms with Crippen molar-refractivity contribution < 1.29 is 14.3 Å². The largest absolute Gasteiger partial charge is 0.421 e. The maximum atomic E-state index is 12.0. The molecule has 1 aliphatic rings. The third-order valence-corrected chi connectivity index (χ3v) is 4.36. The normalized spacial score (nSPS) is 20.7. The van der Waals surface area contributed by atoms with Crippen molar-refractivity contribution in [3.05, 3.63) is 36.2 Å². The van der Waals surface area contributed by atoms with Crippen molar-refractivity contribution in [1.82, 2.24) is 15.5 Å². The van der Waals surface area contributed by atoms with E-state index in [4.69, 9.17) is 4.42 Å². The number of aryl methyl sites for hydroxylation is 1. The predicted molar refractivity (Wildman–Crippen MR) is 89.1 cm³/mol. The van der Waals surface area contributed by atoms with Gasteiger partial charge in [-0.2, -0.15) is 0 Å². The van der Waals surface area contributed by atoms with E-state index in [0.717, 1.165) is 31.2 Å². The Morgan fingerprint density at radius 2 is 2.00 bits per heavy atom. The van der Waals surface area contributed by atoms with Crippen LogP contribution in [-0.4, -0.2) is 33.4 Å². The third kappa shape index (κ3) is 4.41. The van der Waals surface area contributed by atoms with Crippen LogP contribution in [0.25, 0.3) is 11.5 Å². The van der Waals surface area contributed by atoms with Gasteiger partial charge in [0.2, 0.25) is 17.7 Å². The second-order valence-corrected chi connectivity index (χ2v) is 6.25. The molecule has 1 heterocycles. The Balaban J connectivity index is 1.43. The van der Waals surface area contributed by atoms with E-state index in [-0.39, 0.29) is 11.9 Å². The SMILES string of the molecule is O=C(CCCc1nnc(-c2ccccc2)o1)NC1CCCCC1O. The second-order valence-electron chi connectivity index (χ2n) is 6.25. The van der Waals surface area contributed by atoms with Crippen LogP contribution in [0.5, 0.6) is 0 Å². The average molecular weight is 329 g/mol. The Hall–Kier alpha value is -2.21. The van der Waals surface area contributed by atoms with Crippen molar-refractivity contribution in [1.29, 1.82) is 0 Å². The molecule has 6 nitrogen and oxygen atoms in total. The number of aromatic nitrogens is 2. The highest BCUT2D eigenvalue weighted by molar-refractivity contribution is 5.76. The van der Waals surface area contributed by atoms with Gasteiger partial charge in [-0.1, -0.05) is 31.0 Å². The number of rotatable bonds is 6. The zero-order chi connectivity index (χ0) is 16.8. The lowest BCUT2D eigenvalue weighted by molar-refractivity contribution is -0.123. The van der Waals surface area contributed by atoms with Crippen molar-refractivity contribution in [3.63, 3.8) is 0 Å². The molecule has 1 aliphatic carbocycles. The number of aliphatic hydroxyl groups excluding tert-OH is 1. The highest BCUT2D eigenvalue weighted by atomic mass is 16.4. The number of carbonyl (C=O) groups is 1. The van der Waals surface area contributed by atoms with E-state index in [1.807, 2.05) is 30.3 Å². The summed E-state index contributed by atoms with van der Waals surface area (Å²) in [5, 5.41) is 20.9. The van der Waals surface area contributed by atoms with Crippen LogP contribution in [0.3, 0.4) is 0 Å². The first-order valence-corrected chi connectivity index (χ1v) is 8.57. The van der Waals surface area contributed by atoms with Crippen LogP contribution in [0.4, 0.5) is 0 Å². The van der Waals surface area contributed by atoms with Crippen LogP contribution in [0, 0.1) is 0 Å². The number of carbonyl (C=O) groups excluding carboxylic acids is 1. The fourth-order valence-corrected chi connectivity index (χ4v) is 3.01. The Kier molecular flexibility index (Phi) is 5.59. The first-order valence-electron chi connectivity index (χ1n) is 8.57.